The molecule has 2 aromatic carbocycles. The Morgan fingerprint density at radius 1 is 1.08 bits per heavy atom. The average molecular weight is 377 g/mol. The summed E-state index contributed by atoms with van der Waals surface area (Å²) in [6, 6.07) is 11.9. The first-order valence-corrected chi connectivity index (χ1v) is 9.46. The number of aryl methyl sites for hydroxylation is 2. The van der Waals surface area contributed by atoms with Gasteiger partial charge in [-0.05, 0) is 62.2 Å². The van der Waals surface area contributed by atoms with E-state index >= 15 is 0 Å². The van der Waals surface area contributed by atoms with E-state index in [2.05, 4.69) is 9.88 Å². The summed E-state index contributed by atoms with van der Waals surface area (Å²) < 4.78 is 33.3. The molecule has 0 atom stereocenters. The van der Waals surface area contributed by atoms with Crippen molar-refractivity contribution in [1.82, 2.24) is 5.16 Å². The van der Waals surface area contributed by atoms with Crippen LogP contribution < -0.4 is 4.72 Å². The normalized spacial score (nSPS) is 11.5. The highest BCUT2D eigenvalue weighted by Gasteiger charge is 2.19. The molecule has 0 radical (unpaired) electrons. The van der Waals surface area contributed by atoms with Crippen LogP contribution in [0.25, 0.3) is 11.3 Å². The van der Waals surface area contributed by atoms with E-state index in [-0.39, 0.29) is 4.90 Å². The number of aromatic nitrogens is 1. The highest BCUT2D eigenvalue weighted by Crippen LogP contribution is 2.28. The number of anilines is 1. The van der Waals surface area contributed by atoms with Gasteiger partial charge in [-0.1, -0.05) is 22.8 Å². The Morgan fingerprint density at radius 2 is 1.84 bits per heavy atom. The van der Waals surface area contributed by atoms with Gasteiger partial charge in [-0.15, -0.1) is 0 Å². The lowest BCUT2D eigenvalue weighted by Crippen LogP contribution is -2.15. The number of halogens is 1. The number of hydrogen-bond donors (Lipinski definition) is 1. The Bertz CT molecular complexity index is 1040. The molecule has 0 aliphatic rings. The van der Waals surface area contributed by atoms with Gasteiger partial charge in [0.15, 0.2) is 5.76 Å². The number of sulfonamides is 1. The van der Waals surface area contributed by atoms with E-state index in [0.29, 0.717) is 27.6 Å². The minimum Gasteiger partial charge on any atom is -0.356 e. The average Bonchev–Trinajstić information content (AvgIpc) is 2.98. The smallest absolute Gasteiger partial charge is 0.262 e. The summed E-state index contributed by atoms with van der Waals surface area (Å²) in [6.45, 7) is 5.34. The lowest BCUT2D eigenvalue weighted by atomic mass is 10.1. The first kappa shape index (κ1) is 17.5. The molecule has 1 N–H and O–H groups in total. The fraction of sp³-hybridized carbons (Fsp3) is 0.167. The van der Waals surface area contributed by atoms with Crippen molar-refractivity contribution in [3.63, 3.8) is 0 Å². The van der Waals surface area contributed by atoms with Crippen molar-refractivity contribution in [1.29, 1.82) is 0 Å². The van der Waals surface area contributed by atoms with Gasteiger partial charge in [-0.2, -0.15) is 0 Å². The Labute approximate surface area is 151 Å². The van der Waals surface area contributed by atoms with Crippen molar-refractivity contribution < 1.29 is 12.9 Å². The minimum atomic E-state index is -3.73. The van der Waals surface area contributed by atoms with E-state index in [1.807, 2.05) is 6.92 Å². The van der Waals surface area contributed by atoms with E-state index in [4.69, 9.17) is 16.1 Å². The molecule has 0 aliphatic carbocycles. The molecule has 0 unspecified atom stereocenters. The van der Waals surface area contributed by atoms with Gasteiger partial charge in [0.2, 0.25) is 0 Å². The zero-order valence-electron chi connectivity index (χ0n) is 14.0. The topological polar surface area (TPSA) is 72.2 Å². The van der Waals surface area contributed by atoms with Gasteiger partial charge in [-0.3, -0.25) is 4.72 Å². The molecule has 1 aromatic heterocycles. The van der Waals surface area contributed by atoms with Gasteiger partial charge >= 0.3 is 0 Å². The predicted octanol–water partition coefficient (Wildman–Crippen LogP) is 4.72. The van der Waals surface area contributed by atoms with Crippen LogP contribution >= 0.6 is 11.6 Å². The summed E-state index contributed by atoms with van der Waals surface area (Å²) in [5, 5.41) is 4.36. The number of nitrogens with zero attached hydrogens (tertiary/aromatic N) is 1. The fourth-order valence-electron chi connectivity index (χ4n) is 2.52. The number of benzene rings is 2. The summed E-state index contributed by atoms with van der Waals surface area (Å²) in [6.07, 6.45) is 0. The highest BCUT2D eigenvalue weighted by atomic mass is 35.5. The quantitative estimate of drug-likeness (QED) is 0.715. The second-order valence-electron chi connectivity index (χ2n) is 5.83. The summed E-state index contributed by atoms with van der Waals surface area (Å²) in [5.41, 5.74) is 3.29. The minimum absolute atomic E-state index is 0.201. The zero-order chi connectivity index (χ0) is 18.2. The Kier molecular flexibility index (Phi) is 4.58. The van der Waals surface area contributed by atoms with Crippen LogP contribution in [-0.2, 0) is 10.0 Å². The third-order valence-electron chi connectivity index (χ3n) is 3.89. The molecule has 0 saturated carbocycles. The van der Waals surface area contributed by atoms with E-state index < -0.39 is 10.0 Å². The number of rotatable bonds is 4. The first-order chi connectivity index (χ1) is 11.8. The summed E-state index contributed by atoms with van der Waals surface area (Å²) in [4.78, 5) is 0.201. The maximum atomic E-state index is 12.7. The Hall–Kier alpha value is -2.31. The number of nitrogens with one attached hydrogen (secondary N) is 1. The second kappa shape index (κ2) is 6.54. The van der Waals surface area contributed by atoms with E-state index in [0.717, 1.165) is 11.3 Å². The van der Waals surface area contributed by atoms with E-state index in [9.17, 15) is 8.42 Å². The molecule has 0 bridgehead atoms. The molecule has 0 fully saturated rings. The predicted molar refractivity (Wildman–Crippen MR) is 98.4 cm³/mol. The zero-order valence-corrected chi connectivity index (χ0v) is 15.6. The van der Waals surface area contributed by atoms with Crippen molar-refractivity contribution in [3.05, 3.63) is 64.3 Å². The monoisotopic (exact) mass is 376 g/mol. The Morgan fingerprint density at radius 3 is 2.48 bits per heavy atom. The van der Waals surface area contributed by atoms with Gasteiger partial charge in [-0.25, -0.2) is 8.42 Å². The molecule has 130 valence electrons. The van der Waals surface area contributed by atoms with Crippen LogP contribution in [0.2, 0.25) is 5.02 Å². The molecule has 0 spiro atoms. The molecular weight excluding hydrogens is 360 g/mol. The summed E-state index contributed by atoms with van der Waals surface area (Å²) >= 11 is 6.06. The van der Waals surface area contributed by atoms with E-state index in [1.54, 1.807) is 56.3 Å². The molecule has 0 amide bonds. The summed E-state index contributed by atoms with van der Waals surface area (Å²) in [7, 11) is -3.73. The summed E-state index contributed by atoms with van der Waals surface area (Å²) in [5.74, 6) is 0.600. The van der Waals surface area contributed by atoms with E-state index in [1.165, 1.54) is 0 Å². The van der Waals surface area contributed by atoms with Crippen LogP contribution in [0, 0.1) is 20.8 Å². The van der Waals surface area contributed by atoms with Crippen molar-refractivity contribution >= 4 is 27.3 Å². The molecule has 25 heavy (non-hydrogen) atoms. The molecule has 5 nitrogen and oxygen atoms in total. The van der Waals surface area contributed by atoms with Gasteiger partial charge in [0.25, 0.3) is 10.0 Å². The third kappa shape index (κ3) is 3.55. The van der Waals surface area contributed by atoms with Crippen LogP contribution in [0.5, 0.6) is 0 Å². The van der Waals surface area contributed by atoms with Crippen LogP contribution in [0.15, 0.2) is 51.9 Å². The van der Waals surface area contributed by atoms with Crippen LogP contribution in [0.4, 0.5) is 5.69 Å². The maximum absolute atomic E-state index is 12.7. The number of hydrogen-bond acceptors (Lipinski definition) is 4. The molecule has 1 heterocycles. The van der Waals surface area contributed by atoms with Crippen molar-refractivity contribution in [2.24, 2.45) is 0 Å². The third-order valence-corrected chi connectivity index (χ3v) is 5.82. The Balaban J connectivity index is 1.96. The van der Waals surface area contributed by atoms with Gasteiger partial charge < -0.3 is 4.52 Å². The fourth-order valence-corrected chi connectivity index (χ4v) is 4.05. The van der Waals surface area contributed by atoms with Crippen LogP contribution in [-0.4, -0.2) is 13.6 Å². The largest absolute Gasteiger partial charge is 0.356 e. The van der Waals surface area contributed by atoms with Crippen molar-refractivity contribution in [2.45, 2.75) is 25.7 Å². The lowest BCUT2D eigenvalue weighted by molar-refractivity contribution is 0.427. The second-order valence-corrected chi connectivity index (χ2v) is 7.89. The molecule has 7 heteroatoms. The molecule has 3 rings (SSSR count). The van der Waals surface area contributed by atoms with Gasteiger partial charge in [0.1, 0.15) is 0 Å². The SMILES string of the molecule is Cc1cc(-c2ccc(S(=O)(=O)Nc3cccc(Cl)c3C)c(C)c2)on1. The van der Waals surface area contributed by atoms with Gasteiger partial charge in [0.05, 0.1) is 16.3 Å². The standard InChI is InChI=1S/C18H17ClN2O3S/c1-11-9-14(17-10-12(2)20-24-17)7-8-18(11)25(22,23)21-16-6-4-5-15(19)13(16)3/h4-10,21H,1-3H3. The highest BCUT2D eigenvalue weighted by molar-refractivity contribution is 7.92. The van der Waals surface area contributed by atoms with Crippen LogP contribution in [0.1, 0.15) is 16.8 Å². The van der Waals surface area contributed by atoms with Crippen LogP contribution in [0.3, 0.4) is 0 Å². The maximum Gasteiger partial charge on any atom is 0.262 e. The van der Waals surface area contributed by atoms with Crippen molar-refractivity contribution in [2.75, 3.05) is 4.72 Å². The first-order valence-electron chi connectivity index (χ1n) is 7.60. The molecule has 3 aromatic rings. The molecular formula is C18H17ClN2O3S. The lowest BCUT2D eigenvalue weighted by Gasteiger charge is -2.13. The van der Waals surface area contributed by atoms with Crippen molar-refractivity contribution in [3.8, 4) is 11.3 Å². The molecule has 0 saturated heterocycles. The van der Waals surface area contributed by atoms with Gasteiger partial charge in [0, 0.05) is 16.7 Å². The molecule has 0 aliphatic heterocycles.